The van der Waals surface area contributed by atoms with E-state index in [0.29, 0.717) is 0 Å². The lowest BCUT2D eigenvalue weighted by Crippen LogP contribution is -2.25. The molecule has 1 nitrogen and oxygen atoms in total. The first-order valence-corrected chi connectivity index (χ1v) is 10.9. The highest BCUT2D eigenvalue weighted by atomic mass is 35.5. The Morgan fingerprint density at radius 2 is 1.38 bits per heavy atom. The van der Waals surface area contributed by atoms with Crippen molar-refractivity contribution in [1.82, 2.24) is 0 Å². The summed E-state index contributed by atoms with van der Waals surface area (Å²) >= 11 is 10.2. The smallest absolute Gasteiger partial charge is 0.111 e. The lowest BCUT2D eigenvalue weighted by atomic mass is 10.0. The number of hydrogen-bond acceptors (Lipinski definition) is 3. The van der Waals surface area contributed by atoms with Gasteiger partial charge in [0.25, 0.3) is 0 Å². The SMILES string of the molecule is CCN(CC)c1ccc(C2(c3ccc(Cl)cc3)SCCCS2)cc1. The van der Waals surface area contributed by atoms with Gasteiger partial charge in [-0.3, -0.25) is 0 Å². The molecule has 4 heteroatoms. The number of rotatable bonds is 5. The Morgan fingerprint density at radius 1 is 0.875 bits per heavy atom. The van der Waals surface area contributed by atoms with Gasteiger partial charge in [0.05, 0.1) is 0 Å². The second-order valence-corrected chi connectivity index (χ2v) is 9.21. The van der Waals surface area contributed by atoms with Gasteiger partial charge in [0.2, 0.25) is 0 Å². The van der Waals surface area contributed by atoms with Crippen LogP contribution in [0, 0.1) is 0 Å². The Hall–Kier alpha value is -0.770. The zero-order chi connectivity index (χ0) is 17.0. The van der Waals surface area contributed by atoms with Crippen LogP contribution in [0.4, 0.5) is 5.69 Å². The Morgan fingerprint density at radius 3 is 1.88 bits per heavy atom. The summed E-state index contributed by atoms with van der Waals surface area (Å²) in [4.78, 5) is 2.39. The van der Waals surface area contributed by atoms with E-state index >= 15 is 0 Å². The third-order valence-corrected chi connectivity index (χ3v) is 8.20. The fourth-order valence-corrected chi connectivity index (χ4v) is 6.69. The summed E-state index contributed by atoms with van der Waals surface area (Å²) in [6, 6.07) is 17.6. The summed E-state index contributed by atoms with van der Waals surface area (Å²) in [5.41, 5.74) is 4.04. The standard InChI is InChI=1S/C20H24ClNS2/c1-3-22(4-2)19-12-8-17(9-13-19)20(23-14-5-15-24-20)16-6-10-18(21)11-7-16/h6-13H,3-5,14-15H2,1-2H3. The molecule has 0 saturated carbocycles. The highest BCUT2D eigenvalue weighted by Crippen LogP contribution is 2.55. The molecule has 2 aromatic rings. The average molecular weight is 378 g/mol. The van der Waals surface area contributed by atoms with Crippen LogP contribution in [0.2, 0.25) is 5.02 Å². The molecule has 1 aliphatic rings. The minimum atomic E-state index is -0.00930. The maximum atomic E-state index is 6.11. The summed E-state index contributed by atoms with van der Waals surface area (Å²) in [6.07, 6.45) is 1.28. The van der Waals surface area contributed by atoms with Crippen LogP contribution in [0.3, 0.4) is 0 Å². The molecule has 0 amide bonds. The zero-order valence-electron chi connectivity index (χ0n) is 14.3. The molecular weight excluding hydrogens is 354 g/mol. The van der Waals surface area contributed by atoms with Crippen LogP contribution in [-0.2, 0) is 4.08 Å². The van der Waals surface area contributed by atoms with Gasteiger partial charge in [-0.1, -0.05) is 35.9 Å². The van der Waals surface area contributed by atoms with Crippen LogP contribution >= 0.6 is 35.1 Å². The van der Waals surface area contributed by atoms with Gasteiger partial charge in [0, 0.05) is 23.8 Å². The maximum absolute atomic E-state index is 6.11. The molecule has 0 unspecified atom stereocenters. The van der Waals surface area contributed by atoms with Crippen molar-refractivity contribution < 1.29 is 0 Å². The Kier molecular flexibility index (Phi) is 6.07. The number of nitrogens with zero attached hydrogens (tertiary/aromatic N) is 1. The van der Waals surface area contributed by atoms with Gasteiger partial charge in [-0.2, -0.15) is 0 Å². The molecule has 0 atom stereocenters. The largest absolute Gasteiger partial charge is 0.372 e. The molecular formula is C20H24ClNS2. The number of hydrogen-bond donors (Lipinski definition) is 0. The van der Waals surface area contributed by atoms with Gasteiger partial charge in [-0.25, -0.2) is 0 Å². The lowest BCUT2D eigenvalue weighted by Gasteiger charge is -2.37. The van der Waals surface area contributed by atoms with Crippen molar-refractivity contribution in [3.63, 3.8) is 0 Å². The molecule has 1 fully saturated rings. The number of anilines is 1. The highest BCUT2D eigenvalue weighted by Gasteiger charge is 2.37. The third kappa shape index (κ3) is 3.58. The second kappa shape index (κ2) is 8.07. The van der Waals surface area contributed by atoms with Crippen molar-refractivity contribution in [2.45, 2.75) is 24.3 Å². The van der Waals surface area contributed by atoms with Crippen LogP contribution < -0.4 is 4.90 Å². The average Bonchev–Trinajstić information content (AvgIpc) is 2.64. The van der Waals surface area contributed by atoms with Crippen LogP contribution in [0.25, 0.3) is 0 Å². The van der Waals surface area contributed by atoms with Crippen LogP contribution in [0.1, 0.15) is 31.4 Å². The van der Waals surface area contributed by atoms with Gasteiger partial charge >= 0.3 is 0 Å². The maximum Gasteiger partial charge on any atom is 0.111 e. The summed E-state index contributed by atoms with van der Waals surface area (Å²) in [5.74, 6) is 2.40. The Bertz CT molecular complexity index is 644. The molecule has 0 aromatic heterocycles. The number of thioether (sulfide) groups is 2. The minimum Gasteiger partial charge on any atom is -0.372 e. The summed E-state index contributed by atoms with van der Waals surface area (Å²) in [5, 5.41) is 0.802. The summed E-state index contributed by atoms with van der Waals surface area (Å²) in [6.45, 7) is 6.50. The van der Waals surface area contributed by atoms with E-state index in [1.807, 2.05) is 12.1 Å². The van der Waals surface area contributed by atoms with E-state index in [-0.39, 0.29) is 4.08 Å². The van der Waals surface area contributed by atoms with Crippen molar-refractivity contribution >= 4 is 40.8 Å². The Labute approximate surface area is 159 Å². The first kappa shape index (κ1) is 18.0. The number of benzene rings is 2. The van der Waals surface area contributed by atoms with Crippen molar-refractivity contribution in [3.05, 3.63) is 64.7 Å². The molecule has 3 rings (SSSR count). The van der Waals surface area contributed by atoms with E-state index in [1.54, 1.807) is 0 Å². The Balaban J connectivity index is 1.98. The topological polar surface area (TPSA) is 3.24 Å². The minimum absolute atomic E-state index is 0.00930. The van der Waals surface area contributed by atoms with Crippen molar-refractivity contribution in [3.8, 4) is 0 Å². The van der Waals surface area contributed by atoms with Gasteiger partial charge in [0.1, 0.15) is 4.08 Å². The molecule has 0 N–H and O–H groups in total. The molecule has 1 heterocycles. The van der Waals surface area contributed by atoms with E-state index < -0.39 is 0 Å². The predicted octanol–water partition coefficient (Wildman–Crippen LogP) is 6.26. The molecule has 0 spiro atoms. The zero-order valence-corrected chi connectivity index (χ0v) is 16.7. The van der Waals surface area contributed by atoms with Gasteiger partial charge < -0.3 is 4.90 Å². The van der Waals surface area contributed by atoms with E-state index in [1.165, 1.54) is 34.7 Å². The van der Waals surface area contributed by atoms with Crippen molar-refractivity contribution in [2.75, 3.05) is 29.5 Å². The first-order valence-electron chi connectivity index (χ1n) is 8.59. The van der Waals surface area contributed by atoms with Crippen molar-refractivity contribution in [2.24, 2.45) is 0 Å². The molecule has 1 aliphatic heterocycles. The number of halogens is 1. The van der Waals surface area contributed by atoms with Crippen LogP contribution in [0.15, 0.2) is 48.5 Å². The van der Waals surface area contributed by atoms with E-state index in [0.717, 1.165) is 18.1 Å². The second-order valence-electron chi connectivity index (χ2n) is 5.89. The molecule has 2 aromatic carbocycles. The van der Waals surface area contributed by atoms with E-state index in [9.17, 15) is 0 Å². The van der Waals surface area contributed by atoms with Crippen LogP contribution in [0.5, 0.6) is 0 Å². The van der Waals surface area contributed by atoms with E-state index in [4.69, 9.17) is 11.6 Å². The monoisotopic (exact) mass is 377 g/mol. The van der Waals surface area contributed by atoms with Crippen LogP contribution in [-0.4, -0.2) is 24.6 Å². The predicted molar refractivity (Wildman–Crippen MR) is 112 cm³/mol. The van der Waals surface area contributed by atoms with Gasteiger partial charge in [-0.05, 0) is 67.2 Å². The first-order chi connectivity index (χ1) is 11.7. The van der Waals surface area contributed by atoms with E-state index in [2.05, 4.69) is 78.7 Å². The van der Waals surface area contributed by atoms with Crippen molar-refractivity contribution in [1.29, 1.82) is 0 Å². The molecule has 0 aliphatic carbocycles. The summed E-state index contributed by atoms with van der Waals surface area (Å²) in [7, 11) is 0. The third-order valence-electron chi connectivity index (χ3n) is 4.50. The fraction of sp³-hybridized carbons (Fsp3) is 0.400. The molecule has 1 saturated heterocycles. The van der Waals surface area contributed by atoms with Gasteiger partial charge in [-0.15, -0.1) is 23.5 Å². The summed E-state index contributed by atoms with van der Waals surface area (Å²) < 4.78 is -0.00930. The molecule has 24 heavy (non-hydrogen) atoms. The molecule has 0 radical (unpaired) electrons. The molecule has 128 valence electrons. The van der Waals surface area contributed by atoms with Gasteiger partial charge in [0.15, 0.2) is 0 Å². The highest BCUT2D eigenvalue weighted by molar-refractivity contribution is 8.18. The molecule has 0 bridgehead atoms. The lowest BCUT2D eigenvalue weighted by molar-refractivity contribution is 0.865. The quantitative estimate of drug-likeness (QED) is 0.605. The normalized spacial score (nSPS) is 16.8. The fourth-order valence-electron chi connectivity index (χ4n) is 3.18.